The number of aromatic nitrogens is 1. The van der Waals surface area contributed by atoms with Crippen molar-refractivity contribution in [1.29, 1.82) is 0 Å². The molecule has 0 radical (unpaired) electrons. The van der Waals surface area contributed by atoms with Crippen LogP contribution in [0.25, 0.3) is 11.3 Å². The van der Waals surface area contributed by atoms with Gasteiger partial charge < -0.3 is 4.74 Å². The van der Waals surface area contributed by atoms with E-state index in [0.717, 1.165) is 11.3 Å². The van der Waals surface area contributed by atoms with Crippen LogP contribution in [0.4, 0.5) is 13.9 Å². The molecule has 0 spiro atoms. The molecule has 3 aromatic rings. The number of alkyl halides is 2. The first kappa shape index (κ1) is 21.8. The molecule has 3 rings (SSSR count). The van der Waals surface area contributed by atoms with Gasteiger partial charge in [0.2, 0.25) is 0 Å². The van der Waals surface area contributed by atoms with E-state index >= 15 is 0 Å². The average Bonchev–Trinajstić information content (AvgIpc) is 3.16. The number of anilines is 1. The van der Waals surface area contributed by atoms with Crippen LogP contribution in [0.2, 0.25) is 0 Å². The lowest BCUT2D eigenvalue weighted by Crippen LogP contribution is -2.15. The molecule has 0 atom stereocenters. The van der Waals surface area contributed by atoms with Crippen LogP contribution >= 0.6 is 11.3 Å². The number of rotatable bonds is 7. The van der Waals surface area contributed by atoms with Crippen molar-refractivity contribution in [3.8, 4) is 17.0 Å². The number of carbonyl (C=O) groups is 1. The summed E-state index contributed by atoms with van der Waals surface area (Å²) in [5, 5.41) is 3.93. The molecule has 0 saturated heterocycles. The summed E-state index contributed by atoms with van der Waals surface area (Å²) in [7, 11) is -3.43. The molecule has 2 aromatic carbocycles. The van der Waals surface area contributed by atoms with Crippen molar-refractivity contribution in [2.45, 2.75) is 30.6 Å². The number of sulfone groups is 1. The Morgan fingerprint density at radius 1 is 1.10 bits per heavy atom. The first-order valence-electron chi connectivity index (χ1n) is 8.83. The molecule has 10 heteroatoms. The van der Waals surface area contributed by atoms with E-state index < -0.39 is 27.6 Å². The standard InChI is InChI=1S/C20H18F2N2O4S2/c1-12(2)30(26,27)14-9-7-13(8-10-14)18(25)24-20-23-16(11-29-20)15-5-3-4-6-17(15)28-19(21)22/h3-12,19H,1-2H3,(H,23,24,25). The van der Waals surface area contributed by atoms with Crippen molar-refractivity contribution in [2.24, 2.45) is 0 Å². The van der Waals surface area contributed by atoms with E-state index in [4.69, 9.17) is 0 Å². The second kappa shape index (κ2) is 8.88. The highest BCUT2D eigenvalue weighted by molar-refractivity contribution is 7.92. The maximum Gasteiger partial charge on any atom is 0.387 e. The Hall–Kier alpha value is -2.85. The van der Waals surface area contributed by atoms with Crippen LogP contribution in [-0.4, -0.2) is 31.2 Å². The fourth-order valence-electron chi connectivity index (χ4n) is 2.57. The lowest BCUT2D eigenvalue weighted by molar-refractivity contribution is -0.0494. The van der Waals surface area contributed by atoms with E-state index in [2.05, 4.69) is 15.0 Å². The van der Waals surface area contributed by atoms with Gasteiger partial charge in [-0.05, 0) is 50.2 Å². The van der Waals surface area contributed by atoms with E-state index in [9.17, 15) is 22.0 Å². The molecule has 158 valence electrons. The zero-order chi connectivity index (χ0) is 21.9. The van der Waals surface area contributed by atoms with Crippen molar-refractivity contribution < 1.29 is 26.7 Å². The van der Waals surface area contributed by atoms with Gasteiger partial charge >= 0.3 is 6.61 Å². The Balaban J connectivity index is 1.76. The van der Waals surface area contributed by atoms with E-state index in [1.807, 2.05) is 0 Å². The predicted molar refractivity (Wildman–Crippen MR) is 111 cm³/mol. The molecular formula is C20H18F2N2O4S2. The summed E-state index contributed by atoms with van der Waals surface area (Å²) in [6.07, 6.45) is 0. The Labute approximate surface area is 176 Å². The highest BCUT2D eigenvalue weighted by atomic mass is 32.2. The third kappa shape index (κ3) is 4.82. The van der Waals surface area contributed by atoms with E-state index in [0.29, 0.717) is 11.3 Å². The number of ether oxygens (including phenoxy) is 1. The number of para-hydroxylation sites is 1. The number of halogens is 2. The van der Waals surface area contributed by atoms with Crippen LogP contribution in [0.1, 0.15) is 24.2 Å². The lowest BCUT2D eigenvalue weighted by Gasteiger charge is -2.09. The van der Waals surface area contributed by atoms with Crippen LogP contribution in [0, 0.1) is 0 Å². The summed E-state index contributed by atoms with van der Waals surface area (Å²) < 4.78 is 54.0. The minimum Gasteiger partial charge on any atom is -0.434 e. The predicted octanol–water partition coefficient (Wildman–Crippen LogP) is 4.85. The molecule has 0 aliphatic carbocycles. The molecule has 30 heavy (non-hydrogen) atoms. The zero-order valence-corrected chi connectivity index (χ0v) is 17.6. The number of nitrogens with zero attached hydrogens (tertiary/aromatic N) is 1. The molecule has 0 aliphatic heterocycles. The first-order chi connectivity index (χ1) is 14.2. The average molecular weight is 453 g/mol. The van der Waals surface area contributed by atoms with Gasteiger partial charge in [0.15, 0.2) is 15.0 Å². The summed E-state index contributed by atoms with van der Waals surface area (Å²) in [5.74, 6) is -0.487. The summed E-state index contributed by atoms with van der Waals surface area (Å²) in [5.41, 5.74) is 1.01. The number of benzene rings is 2. The smallest absolute Gasteiger partial charge is 0.387 e. The molecule has 0 bridgehead atoms. The SMILES string of the molecule is CC(C)S(=O)(=O)c1ccc(C(=O)Nc2nc(-c3ccccc3OC(F)F)cs2)cc1. The monoisotopic (exact) mass is 452 g/mol. The van der Waals surface area contributed by atoms with Gasteiger partial charge in [-0.3, -0.25) is 10.1 Å². The Bertz CT molecular complexity index is 1140. The van der Waals surface area contributed by atoms with Crippen LogP contribution < -0.4 is 10.1 Å². The van der Waals surface area contributed by atoms with Gasteiger partial charge in [0.25, 0.3) is 5.91 Å². The quantitative estimate of drug-likeness (QED) is 0.554. The third-order valence-corrected chi connectivity index (χ3v) is 7.10. The van der Waals surface area contributed by atoms with Gasteiger partial charge in [-0.25, -0.2) is 13.4 Å². The van der Waals surface area contributed by atoms with Gasteiger partial charge in [-0.1, -0.05) is 12.1 Å². The summed E-state index contributed by atoms with van der Waals surface area (Å²) in [4.78, 5) is 16.8. The van der Waals surface area contributed by atoms with Gasteiger partial charge in [0, 0.05) is 16.5 Å². The fourth-order valence-corrected chi connectivity index (χ4v) is 4.33. The molecule has 1 N–H and O–H groups in total. The highest BCUT2D eigenvalue weighted by Crippen LogP contribution is 2.33. The maximum absolute atomic E-state index is 12.6. The van der Waals surface area contributed by atoms with Crippen molar-refractivity contribution in [3.63, 3.8) is 0 Å². The third-order valence-electron chi connectivity index (χ3n) is 4.17. The number of hydrogen-bond donors (Lipinski definition) is 1. The number of hydrogen-bond acceptors (Lipinski definition) is 6. The molecule has 0 aliphatic rings. The van der Waals surface area contributed by atoms with E-state index in [1.165, 1.54) is 30.3 Å². The van der Waals surface area contributed by atoms with Crippen LogP contribution in [0.3, 0.4) is 0 Å². The van der Waals surface area contributed by atoms with Gasteiger partial charge in [0.05, 0.1) is 15.8 Å². The van der Waals surface area contributed by atoms with Gasteiger partial charge in [0.1, 0.15) is 5.75 Å². The Morgan fingerprint density at radius 3 is 2.40 bits per heavy atom. The summed E-state index contributed by atoms with van der Waals surface area (Å²) in [6, 6.07) is 11.8. The summed E-state index contributed by atoms with van der Waals surface area (Å²) >= 11 is 1.12. The second-order valence-electron chi connectivity index (χ2n) is 6.48. The molecule has 0 unspecified atom stereocenters. The van der Waals surface area contributed by atoms with E-state index in [-0.39, 0.29) is 21.3 Å². The van der Waals surface area contributed by atoms with Crippen LogP contribution in [0.5, 0.6) is 5.75 Å². The minimum absolute atomic E-state index is 0.0161. The van der Waals surface area contributed by atoms with Crippen LogP contribution in [0.15, 0.2) is 58.8 Å². The van der Waals surface area contributed by atoms with Gasteiger partial charge in [-0.15, -0.1) is 11.3 Å². The zero-order valence-electron chi connectivity index (χ0n) is 16.0. The van der Waals surface area contributed by atoms with Crippen molar-refractivity contribution in [1.82, 2.24) is 4.98 Å². The van der Waals surface area contributed by atoms with Crippen molar-refractivity contribution in [2.75, 3.05) is 5.32 Å². The Kier molecular flexibility index (Phi) is 6.47. The largest absolute Gasteiger partial charge is 0.434 e. The minimum atomic E-state index is -3.43. The molecular weight excluding hydrogens is 434 g/mol. The fraction of sp³-hybridized carbons (Fsp3) is 0.200. The highest BCUT2D eigenvalue weighted by Gasteiger charge is 2.20. The van der Waals surface area contributed by atoms with Crippen molar-refractivity contribution >= 4 is 32.2 Å². The Morgan fingerprint density at radius 2 is 1.77 bits per heavy atom. The molecule has 1 amide bonds. The number of carbonyl (C=O) groups excluding carboxylic acids is 1. The molecule has 0 saturated carbocycles. The summed E-state index contributed by atoms with van der Waals surface area (Å²) in [6.45, 7) is 0.201. The first-order valence-corrected chi connectivity index (χ1v) is 11.3. The lowest BCUT2D eigenvalue weighted by atomic mass is 10.1. The molecule has 1 aromatic heterocycles. The van der Waals surface area contributed by atoms with Crippen molar-refractivity contribution in [3.05, 3.63) is 59.5 Å². The second-order valence-corrected chi connectivity index (χ2v) is 9.85. The molecule has 6 nitrogen and oxygen atoms in total. The molecule has 0 fully saturated rings. The topological polar surface area (TPSA) is 85.4 Å². The number of thiazole rings is 1. The van der Waals surface area contributed by atoms with Crippen LogP contribution in [-0.2, 0) is 9.84 Å². The molecule has 1 heterocycles. The normalized spacial score (nSPS) is 11.7. The van der Waals surface area contributed by atoms with Gasteiger partial charge in [-0.2, -0.15) is 8.78 Å². The maximum atomic E-state index is 12.6. The number of nitrogens with one attached hydrogen (secondary N) is 1. The number of amides is 1. The van der Waals surface area contributed by atoms with E-state index in [1.54, 1.807) is 37.4 Å².